The van der Waals surface area contributed by atoms with Crippen molar-refractivity contribution in [1.82, 2.24) is 15.2 Å². The number of carbonyl (C=O) groups is 1. The van der Waals surface area contributed by atoms with E-state index in [4.69, 9.17) is 30.5 Å². The standard InChI is InChI=1S/C28H31ClN4O5/c29-20-16-19(6-7-21(20)32-28(34)31-18-4-5-18)38-23-8-9-30-22-17-24(26-27(25(22)23)37-15-14-36-26)35-13-3-12-33-10-1-2-11-33/h6-9,16-18H,1-5,10-15H2,(H2,31,32,34). The van der Waals surface area contributed by atoms with Crippen molar-refractivity contribution in [2.75, 3.05) is 44.8 Å². The van der Waals surface area contributed by atoms with Crippen LogP contribution in [-0.4, -0.2) is 61.4 Å². The molecule has 3 aliphatic rings. The minimum Gasteiger partial charge on any atom is -0.489 e. The largest absolute Gasteiger partial charge is 0.489 e. The normalized spacial score (nSPS) is 16.9. The number of hydrogen-bond donors (Lipinski definition) is 2. The lowest BCUT2D eigenvalue weighted by molar-refractivity contribution is 0.163. The molecular formula is C28H31ClN4O5. The lowest BCUT2D eigenvalue weighted by Gasteiger charge is -2.24. The van der Waals surface area contributed by atoms with Crippen molar-refractivity contribution in [2.24, 2.45) is 0 Å². The molecule has 1 aliphatic carbocycles. The molecule has 2 aromatic carbocycles. The lowest BCUT2D eigenvalue weighted by Crippen LogP contribution is -2.30. The van der Waals surface area contributed by atoms with Crippen LogP contribution >= 0.6 is 11.6 Å². The van der Waals surface area contributed by atoms with Crippen molar-refractivity contribution in [2.45, 2.75) is 38.1 Å². The van der Waals surface area contributed by atoms with Gasteiger partial charge in [0.15, 0.2) is 11.5 Å². The molecule has 3 aromatic rings. The number of aromatic nitrogens is 1. The first-order valence-electron chi connectivity index (χ1n) is 13.3. The zero-order valence-corrected chi connectivity index (χ0v) is 21.9. The molecule has 2 amide bonds. The number of amides is 2. The molecule has 2 aliphatic heterocycles. The van der Waals surface area contributed by atoms with Crippen LogP contribution in [0.15, 0.2) is 36.5 Å². The molecule has 3 heterocycles. The number of rotatable bonds is 9. The van der Waals surface area contributed by atoms with Gasteiger partial charge in [0.25, 0.3) is 0 Å². The van der Waals surface area contributed by atoms with Gasteiger partial charge < -0.3 is 34.5 Å². The molecule has 0 bridgehead atoms. The predicted molar refractivity (Wildman–Crippen MR) is 145 cm³/mol. The second-order valence-corrected chi connectivity index (χ2v) is 10.2. The van der Waals surface area contributed by atoms with Crippen LogP contribution < -0.4 is 29.6 Å². The molecule has 0 radical (unpaired) electrons. The van der Waals surface area contributed by atoms with Crippen LogP contribution in [0.4, 0.5) is 10.5 Å². The van der Waals surface area contributed by atoms with E-state index < -0.39 is 0 Å². The smallest absolute Gasteiger partial charge is 0.319 e. The van der Waals surface area contributed by atoms with Crippen molar-refractivity contribution < 1.29 is 23.7 Å². The van der Waals surface area contributed by atoms with Crippen LogP contribution in [0.1, 0.15) is 32.1 Å². The molecule has 1 aromatic heterocycles. The number of hydrogen-bond acceptors (Lipinski definition) is 7. The number of fused-ring (bicyclic) bond motifs is 3. The van der Waals surface area contributed by atoms with E-state index in [0.29, 0.717) is 70.2 Å². The first-order valence-corrected chi connectivity index (χ1v) is 13.6. The molecule has 9 nitrogen and oxygen atoms in total. The molecule has 0 spiro atoms. The van der Waals surface area contributed by atoms with Crippen molar-refractivity contribution in [3.05, 3.63) is 41.6 Å². The van der Waals surface area contributed by atoms with E-state index >= 15 is 0 Å². The fourth-order valence-corrected chi connectivity index (χ4v) is 5.02. The van der Waals surface area contributed by atoms with E-state index in [1.165, 1.54) is 25.9 Å². The third kappa shape index (κ3) is 5.68. The molecule has 0 atom stereocenters. The van der Waals surface area contributed by atoms with E-state index in [2.05, 4.69) is 20.5 Å². The molecule has 38 heavy (non-hydrogen) atoms. The Morgan fingerprint density at radius 1 is 1.08 bits per heavy atom. The van der Waals surface area contributed by atoms with E-state index in [1.807, 2.05) is 6.07 Å². The van der Waals surface area contributed by atoms with Crippen molar-refractivity contribution in [3.8, 4) is 28.7 Å². The van der Waals surface area contributed by atoms with Crippen LogP contribution in [0.5, 0.6) is 28.7 Å². The van der Waals surface area contributed by atoms with Gasteiger partial charge in [-0.2, -0.15) is 0 Å². The Bertz CT molecular complexity index is 1330. The summed E-state index contributed by atoms with van der Waals surface area (Å²) in [4.78, 5) is 19.1. The highest BCUT2D eigenvalue weighted by Gasteiger charge is 2.25. The van der Waals surface area contributed by atoms with Crippen LogP contribution in [0, 0.1) is 0 Å². The zero-order chi connectivity index (χ0) is 25.9. The minimum absolute atomic E-state index is 0.259. The van der Waals surface area contributed by atoms with Gasteiger partial charge in [-0.05, 0) is 63.4 Å². The lowest BCUT2D eigenvalue weighted by atomic mass is 10.1. The van der Waals surface area contributed by atoms with E-state index in [9.17, 15) is 4.79 Å². The Kier molecular flexibility index (Phi) is 7.29. The first-order chi connectivity index (χ1) is 18.6. The zero-order valence-electron chi connectivity index (χ0n) is 21.1. The Labute approximate surface area is 226 Å². The highest BCUT2D eigenvalue weighted by atomic mass is 35.5. The number of halogens is 1. The number of nitrogens with zero attached hydrogens (tertiary/aromatic N) is 2. The van der Waals surface area contributed by atoms with Gasteiger partial charge in [0, 0.05) is 30.9 Å². The summed E-state index contributed by atoms with van der Waals surface area (Å²) in [6.45, 7) is 4.84. The number of nitrogens with one attached hydrogen (secondary N) is 2. The van der Waals surface area contributed by atoms with Gasteiger partial charge in [0.2, 0.25) is 5.75 Å². The fourth-order valence-electron chi connectivity index (χ4n) is 4.80. The second-order valence-electron chi connectivity index (χ2n) is 9.80. The summed E-state index contributed by atoms with van der Waals surface area (Å²) in [6, 6.07) is 8.80. The molecule has 2 fully saturated rings. The summed E-state index contributed by atoms with van der Waals surface area (Å²) in [7, 11) is 0. The molecule has 2 N–H and O–H groups in total. The van der Waals surface area contributed by atoms with Crippen LogP contribution in [-0.2, 0) is 0 Å². The van der Waals surface area contributed by atoms with E-state index in [1.54, 1.807) is 30.5 Å². The highest BCUT2D eigenvalue weighted by Crippen LogP contribution is 2.48. The Morgan fingerprint density at radius 3 is 2.68 bits per heavy atom. The highest BCUT2D eigenvalue weighted by molar-refractivity contribution is 6.33. The van der Waals surface area contributed by atoms with Crippen LogP contribution in [0.3, 0.4) is 0 Å². The van der Waals surface area contributed by atoms with Gasteiger partial charge in [-0.1, -0.05) is 11.6 Å². The molecule has 6 rings (SSSR count). The SMILES string of the molecule is O=C(Nc1ccc(Oc2ccnc3cc(OCCCN4CCCC4)c4c(c23)OCCO4)cc1Cl)NC1CC1. The number of carbonyl (C=O) groups excluding carboxylic acids is 1. The van der Waals surface area contributed by atoms with Gasteiger partial charge in [0.1, 0.15) is 24.7 Å². The monoisotopic (exact) mass is 538 g/mol. The van der Waals surface area contributed by atoms with Gasteiger partial charge in [-0.25, -0.2) is 4.79 Å². The average molecular weight is 539 g/mol. The maximum atomic E-state index is 12.1. The van der Waals surface area contributed by atoms with E-state index in [0.717, 1.165) is 25.8 Å². The summed E-state index contributed by atoms with van der Waals surface area (Å²) in [5.74, 6) is 2.83. The number of pyridine rings is 1. The molecular weight excluding hydrogens is 508 g/mol. The van der Waals surface area contributed by atoms with E-state index in [-0.39, 0.29) is 12.1 Å². The van der Waals surface area contributed by atoms with Crippen LogP contribution in [0.2, 0.25) is 5.02 Å². The van der Waals surface area contributed by atoms with Crippen LogP contribution in [0.25, 0.3) is 10.9 Å². The molecule has 1 saturated carbocycles. The maximum absolute atomic E-state index is 12.1. The Balaban J connectivity index is 1.20. The van der Waals surface area contributed by atoms with Gasteiger partial charge in [0.05, 0.1) is 28.2 Å². The molecule has 0 unspecified atom stereocenters. The number of anilines is 1. The molecule has 10 heteroatoms. The van der Waals surface area contributed by atoms with Gasteiger partial charge >= 0.3 is 6.03 Å². The third-order valence-electron chi connectivity index (χ3n) is 6.85. The number of likely N-dealkylation sites (tertiary alicyclic amines) is 1. The van der Waals surface area contributed by atoms with Crippen molar-refractivity contribution in [1.29, 1.82) is 0 Å². The summed E-state index contributed by atoms with van der Waals surface area (Å²) in [5, 5.41) is 6.74. The molecule has 1 saturated heterocycles. The van der Waals surface area contributed by atoms with Gasteiger partial charge in [-0.15, -0.1) is 0 Å². The van der Waals surface area contributed by atoms with Crippen molar-refractivity contribution in [3.63, 3.8) is 0 Å². The first kappa shape index (κ1) is 24.9. The Hall–Kier alpha value is -3.43. The third-order valence-corrected chi connectivity index (χ3v) is 7.16. The number of urea groups is 1. The van der Waals surface area contributed by atoms with Gasteiger partial charge in [-0.3, -0.25) is 4.98 Å². The summed E-state index contributed by atoms with van der Waals surface area (Å²) in [5.41, 5.74) is 1.19. The average Bonchev–Trinajstić information content (AvgIpc) is 3.57. The number of ether oxygens (including phenoxy) is 4. The summed E-state index contributed by atoms with van der Waals surface area (Å²) >= 11 is 6.45. The topological polar surface area (TPSA) is 94.2 Å². The number of benzene rings is 2. The van der Waals surface area contributed by atoms with Crippen molar-refractivity contribution >= 4 is 34.2 Å². The fraction of sp³-hybridized carbons (Fsp3) is 0.429. The second kappa shape index (κ2) is 11.1. The summed E-state index contributed by atoms with van der Waals surface area (Å²) in [6.07, 6.45) is 7.22. The Morgan fingerprint density at radius 2 is 1.89 bits per heavy atom. The minimum atomic E-state index is -0.263. The molecule has 200 valence electrons. The quantitative estimate of drug-likeness (QED) is 0.342. The maximum Gasteiger partial charge on any atom is 0.319 e. The predicted octanol–water partition coefficient (Wildman–Crippen LogP) is 5.60. The summed E-state index contributed by atoms with van der Waals surface area (Å²) < 4.78 is 24.4.